The molecular weight excluding hydrogens is 322 g/mol. The van der Waals surface area contributed by atoms with Crippen molar-refractivity contribution in [1.82, 2.24) is 0 Å². The van der Waals surface area contributed by atoms with Gasteiger partial charge in [0, 0.05) is 16.2 Å². The molecule has 4 nitrogen and oxygen atoms in total. The van der Waals surface area contributed by atoms with Crippen molar-refractivity contribution >= 4 is 33.0 Å². The van der Waals surface area contributed by atoms with Crippen molar-refractivity contribution in [2.45, 2.75) is 0 Å². The van der Waals surface area contributed by atoms with E-state index < -0.39 is 22.2 Å². The molecule has 0 aromatic heterocycles. The predicted octanol–water partition coefficient (Wildman–Crippen LogP) is 4.38. The van der Waals surface area contributed by atoms with E-state index in [9.17, 15) is 18.9 Å². The average molecular weight is 329 g/mol. The molecular formula is C12H7BrF2N2O2. The zero-order chi connectivity index (χ0) is 14.0. The Balaban J connectivity index is 2.38. The van der Waals surface area contributed by atoms with Crippen LogP contribution in [0.15, 0.2) is 40.9 Å². The minimum Gasteiger partial charge on any atom is -0.353 e. The maximum Gasteiger partial charge on any atom is 0.274 e. The van der Waals surface area contributed by atoms with Crippen LogP contribution in [0.3, 0.4) is 0 Å². The van der Waals surface area contributed by atoms with E-state index in [1.54, 1.807) is 0 Å². The second-order valence-electron chi connectivity index (χ2n) is 3.70. The van der Waals surface area contributed by atoms with Crippen LogP contribution in [0.1, 0.15) is 0 Å². The molecule has 2 aromatic rings. The second kappa shape index (κ2) is 5.31. The molecule has 0 heterocycles. The van der Waals surface area contributed by atoms with Gasteiger partial charge < -0.3 is 5.32 Å². The molecule has 0 saturated heterocycles. The Kier molecular flexibility index (Phi) is 3.75. The summed E-state index contributed by atoms with van der Waals surface area (Å²) in [5.41, 5.74) is -0.212. The Morgan fingerprint density at radius 2 is 1.89 bits per heavy atom. The molecule has 0 bridgehead atoms. The number of halogens is 3. The number of anilines is 2. The summed E-state index contributed by atoms with van der Waals surface area (Å²) in [5.74, 6) is -1.32. The van der Waals surface area contributed by atoms with E-state index in [0.29, 0.717) is 4.47 Å². The first kappa shape index (κ1) is 13.4. The third-order valence-electron chi connectivity index (χ3n) is 2.30. The molecule has 0 saturated carbocycles. The average Bonchev–Trinajstić information content (AvgIpc) is 2.33. The van der Waals surface area contributed by atoms with E-state index in [1.165, 1.54) is 18.2 Å². The van der Waals surface area contributed by atoms with Crippen molar-refractivity contribution in [3.8, 4) is 0 Å². The molecule has 98 valence electrons. The highest BCUT2D eigenvalue weighted by Gasteiger charge is 2.11. The first-order valence-corrected chi connectivity index (χ1v) is 5.92. The summed E-state index contributed by atoms with van der Waals surface area (Å²) in [6.45, 7) is 0. The van der Waals surface area contributed by atoms with Crippen molar-refractivity contribution in [2.24, 2.45) is 0 Å². The molecule has 0 fully saturated rings. The number of rotatable bonds is 3. The fourth-order valence-corrected chi connectivity index (χ4v) is 1.86. The molecule has 0 aliphatic heterocycles. The largest absolute Gasteiger partial charge is 0.353 e. The van der Waals surface area contributed by atoms with Crippen molar-refractivity contribution in [1.29, 1.82) is 0 Å². The molecule has 0 unspecified atom stereocenters. The highest BCUT2D eigenvalue weighted by atomic mass is 79.9. The molecule has 0 aliphatic rings. The van der Waals surface area contributed by atoms with E-state index >= 15 is 0 Å². The number of nitro benzene ring substituents is 1. The van der Waals surface area contributed by atoms with Gasteiger partial charge in [-0.1, -0.05) is 15.9 Å². The smallest absolute Gasteiger partial charge is 0.274 e. The summed E-state index contributed by atoms with van der Waals surface area (Å²) in [6.07, 6.45) is 0. The number of nitro groups is 1. The number of hydrogen-bond donors (Lipinski definition) is 1. The zero-order valence-corrected chi connectivity index (χ0v) is 10.9. The molecule has 2 aromatic carbocycles. The summed E-state index contributed by atoms with van der Waals surface area (Å²) < 4.78 is 27.4. The van der Waals surface area contributed by atoms with E-state index in [-0.39, 0.29) is 11.4 Å². The molecule has 2 rings (SSSR count). The van der Waals surface area contributed by atoms with Crippen LogP contribution in [0.5, 0.6) is 0 Å². The Hall–Kier alpha value is -2.02. The van der Waals surface area contributed by atoms with Gasteiger partial charge in [0.05, 0.1) is 16.7 Å². The monoisotopic (exact) mass is 328 g/mol. The van der Waals surface area contributed by atoms with Crippen LogP contribution in [-0.4, -0.2) is 4.92 Å². The van der Waals surface area contributed by atoms with Gasteiger partial charge in [0.1, 0.15) is 11.6 Å². The minimum atomic E-state index is -0.771. The first-order valence-electron chi connectivity index (χ1n) is 5.13. The van der Waals surface area contributed by atoms with E-state index in [1.807, 2.05) is 0 Å². The highest BCUT2D eigenvalue weighted by molar-refractivity contribution is 9.10. The van der Waals surface area contributed by atoms with Gasteiger partial charge in [0.25, 0.3) is 5.69 Å². The van der Waals surface area contributed by atoms with Crippen LogP contribution in [0.4, 0.5) is 25.8 Å². The molecule has 0 radical (unpaired) electrons. The Morgan fingerprint density at radius 3 is 2.58 bits per heavy atom. The van der Waals surface area contributed by atoms with E-state index in [4.69, 9.17) is 0 Å². The van der Waals surface area contributed by atoms with Crippen molar-refractivity contribution in [3.63, 3.8) is 0 Å². The lowest BCUT2D eigenvalue weighted by molar-refractivity contribution is -0.385. The van der Waals surface area contributed by atoms with Gasteiger partial charge in [-0.15, -0.1) is 0 Å². The lowest BCUT2D eigenvalue weighted by Gasteiger charge is -2.08. The van der Waals surface area contributed by atoms with Gasteiger partial charge in [-0.2, -0.15) is 0 Å². The molecule has 0 aliphatic carbocycles. The summed E-state index contributed by atoms with van der Waals surface area (Å²) >= 11 is 3.17. The number of non-ortho nitro benzene ring substituents is 1. The topological polar surface area (TPSA) is 55.2 Å². The van der Waals surface area contributed by atoms with Crippen molar-refractivity contribution in [2.75, 3.05) is 5.32 Å². The fourth-order valence-electron chi connectivity index (χ4n) is 1.50. The lowest BCUT2D eigenvalue weighted by atomic mass is 10.2. The maximum atomic E-state index is 13.5. The molecule has 0 amide bonds. The van der Waals surface area contributed by atoms with E-state index in [2.05, 4.69) is 21.2 Å². The molecule has 19 heavy (non-hydrogen) atoms. The SMILES string of the molecule is O=[N+]([O-])c1cc(F)cc(Nc2cc(Br)ccc2F)c1. The first-order chi connectivity index (χ1) is 8.95. The van der Waals surface area contributed by atoms with Gasteiger partial charge >= 0.3 is 0 Å². The number of nitrogens with zero attached hydrogens (tertiary/aromatic N) is 1. The highest BCUT2D eigenvalue weighted by Crippen LogP contribution is 2.26. The van der Waals surface area contributed by atoms with Crippen molar-refractivity contribution in [3.05, 3.63) is 62.6 Å². The lowest BCUT2D eigenvalue weighted by Crippen LogP contribution is -1.96. The van der Waals surface area contributed by atoms with Crippen LogP contribution in [0.2, 0.25) is 0 Å². The summed E-state index contributed by atoms with van der Waals surface area (Å²) in [7, 11) is 0. The van der Waals surface area contributed by atoms with Crippen LogP contribution in [-0.2, 0) is 0 Å². The second-order valence-corrected chi connectivity index (χ2v) is 4.62. The Labute approximate surface area is 115 Å². The normalized spacial score (nSPS) is 10.3. The van der Waals surface area contributed by atoms with Crippen LogP contribution < -0.4 is 5.32 Å². The van der Waals surface area contributed by atoms with Gasteiger partial charge in [-0.25, -0.2) is 8.78 Å². The number of hydrogen-bond acceptors (Lipinski definition) is 3. The fraction of sp³-hybridized carbons (Fsp3) is 0. The van der Waals surface area contributed by atoms with Gasteiger partial charge in [0.2, 0.25) is 0 Å². The predicted molar refractivity (Wildman–Crippen MR) is 70.4 cm³/mol. The molecule has 7 heteroatoms. The minimum absolute atomic E-state index is 0.0919. The van der Waals surface area contributed by atoms with Gasteiger partial charge in [0.15, 0.2) is 0 Å². The molecule has 1 N–H and O–H groups in total. The van der Waals surface area contributed by atoms with Crippen LogP contribution in [0.25, 0.3) is 0 Å². The van der Waals surface area contributed by atoms with Gasteiger partial charge in [-0.05, 0) is 24.3 Å². The Morgan fingerprint density at radius 1 is 1.16 bits per heavy atom. The third-order valence-corrected chi connectivity index (χ3v) is 2.79. The number of benzene rings is 2. The quantitative estimate of drug-likeness (QED) is 0.672. The summed E-state index contributed by atoms with van der Waals surface area (Å²) in [6, 6.07) is 7.15. The summed E-state index contributed by atoms with van der Waals surface area (Å²) in [5, 5.41) is 13.2. The molecule has 0 atom stereocenters. The van der Waals surface area contributed by atoms with Crippen LogP contribution >= 0.6 is 15.9 Å². The zero-order valence-electron chi connectivity index (χ0n) is 9.36. The maximum absolute atomic E-state index is 13.5. The molecule has 0 spiro atoms. The Bertz CT molecular complexity index is 650. The third kappa shape index (κ3) is 3.25. The van der Waals surface area contributed by atoms with Crippen molar-refractivity contribution < 1.29 is 13.7 Å². The summed E-state index contributed by atoms with van der Waals surface area (Å²) in [4.78, 5) is 9.89. The van der Waals surface area contributed by atoms with Gasteiger partial charge in [-0.3, -0.25) is 10.1 Å². The van der Waals surface area contributed by atoms with Crippen LogP contribution in [0, 0.1) is 21.7 Å². The standard InChI is InChI=1S/C12H7BrF2N2O2/c13-7-1-2-11(15)12(3-7)16-9-4-8(14)5-10(6-9)17(18)19/h1-6,16H. The van der Waals surface area contributed by atoms with E-state index in [0.717, 1.165) is 18.2 Å². The number of nitrogens with one attached hydrogen (secondary N) is 1.